The van der Waals surface area contributed by atoms with E-state index in [1.54, 1.807) is 12.1 Å². The molecule has 186 valence electrons. The number of carbonyl (C=O) groups excluding carboxylic acids is 1. The number of nitrogens with one attached hydrogen (secondary N) is 1. The molecule has 4 heterocycles. The summed E-state index contributed by atoms with van der Waals surface area (Å²) >= 11 is -2.60. The van der Waals surface area contributed by atoms with Gasteiger partial charge in [-0.3, -0.25) is 9.35 Å². The Labute approximate surface area is 202 Å². The van der Waals surface area contributed by atoms with Gasteiger partial charge in [0.2, 0.25) is 0 Å². The van der Waals surface area contributed by atoms with Gasteiger partial charge in [-0.2, -0.15) is 5.10 Å². The summed E-state index contributed by atoms with van der Waals surface area (Å²) in [4.78, 5) is 14.1. The van der Waals surface area contributed by atoms with Crippen molar-refractivity contribution in [3.8, 4) is 5.75 Å². The van der Waals surface area contributed by atoms with Gasteiger partial charge in [-0.25, -0.2) is 22.2 Å². The van der Waals surface area contributed by atoms with Crippen LogP contribution in [0.3, 0.4) is 0 Å². The number of ether oxygens (including phenoxy) is 2. The van der Waals surface area contributed by atoms with Gasteiger partial charge in [0.1, 0.15) is 23.2 Å². The van der Waals surface area contributed by atoms with E-state index in [1.807, 2.05) is 9.62 Å². The number of carbonyl (C=O) groups is 1. The molecule has 0 spiro atoms. The lowest BCUT2D eigenvalue weighted by Crippen LogP contribution is -2.28. The topological polar surface area (TPSA) is 105 Å². The number of fused-ring (bicyclic) bond motifs is 1. The fraction of sp³-hybridized carbons (Fsp3) is 0.391. The zero-order valence-electron chi connectivity index (χ0n) is 18.7. The molecule has 1 amide bonds. The molecule has 9 nitrogen and oxygen atoms in total. The number of halogens is 2. The molecule has 1 unspecified atom stereocenters. The molecule has 2 aliphatic heterocycles. The van der Waals surface area contributed by atoms with Crippen LogP contribution in [0.1, 0.15) is 47.6 Å². The first kappa shape index (κ1) is 23.6. The molecule has 35 heavy (non-hydrogen) atoms. The van der Waals surface area contributed by atoms with Crippen molar-refractivity contribution >= 4 is 28.4 Å². The minimum Gasteiger partial charge on any atom is -0.490 e. The average molecular weight is 507 g/mol. The van der Waals surface area contributed by atoms with Crippen LogP contribution < -0.4 is 14.4 Å². The van der Waals surface area contributed by atoms with E-state index in [0.29, 0.717) is 37.5 Å². The van der Waals surface area contributed by atoms with Crippen LogP contribution in [0.5, 0.6) is 5.75 Å². The maximum Gasteiger partial charge on any atom is 0.268 e. The van der Waals surface area contributed by atoms with Gasteiger partial charge in [-0.1, -0.05) is 0 Å². The first-order valence-corrected chi connectivity index (χ1v) is 12.4. The van der Waals surface area contributed by atoms with Crippen molar-refractivity contribution in [3.05, 3.63) is 59.4 Å². The molecular formula is C23H24F2N4O5S. The van der Waals surface area contributed by atoms with Gasteiger partial charge < -0.3 is 14.4 Å². The van der Waals surface area contributed by atoms with Gasteiger partial charge in [0, 0.05) is 31.1 Å². The molecule has 5 rings (SSSR count). The number of benzene rings is 1. The Morgan fingerprint density at radius 2 is 2.03 bits per heavy atom. The summed E-state index contributed by atoms with van der Waals surface area (Å²) in [6.07, 6.45) is 5.50. The second kappa shape index (κ2) is 9.88. The van der Waals surface area contributed by atoms with Crippen LogP contribution in [0, 0.1) is 11.6 Å². The van der Waals surface area contributed by atoms with Crippen molar-refractivity contribution in [1.29, 1.82) is 0 Å². The molecule has 12 heteroatoms. The number of aromatic nitrogens is 2. The number of amides is 1. The van der Waals surface area contributed by atoms with E-state index in [9.17, 15) is 13.4 Å². The normalized spacial score (nSPS) is 19.7. The van der Waals surface area contributed by atoms with E-state index < -0.39 is 28.8 Å². The van der Waals surface area contributed by atoms with Crippen LogP contribution >= 0.6 is 0 Å². The zero-order valence-corrected chi connectivity index (χ0v) is 19.5. The van der Waals surface area contributed by atoms with Crippen LogP contribution in [0.4, 0.5) is 14.5 Å². The third-order valence-electron chi connectivity index (χ3n) is 6.38. The van der Waals surface area contributed by atoms with E-state index >= 15 is 4.39 Å². The summed E-state index contributed by atoms with van der Waals surface area (Å²) in [6, 6.07) is 5.61. The predicted molar refractivity (Wildman–Crippen MR) is 124 cm³/mol. The zero-order chi connectivity index (χ0) is 24.5. The summed E-state index contributed by atoms with van der Waals surface area (Å²) in [5.74, 6) is -1.47. The average Bonchev–Trinajstić information content (AvgIpc) is 3.49. The molecule has 0 bridgehead atoms. The molecule has 2 N–H and O–H groups in total. The van der Waals surface area contributed by atoms with Crippen molar-refractivity contribution in [2.75, 3.05) is 24.7 Å². The van der Waals surface area contributed by atoms with Gasteiger partial charge in [0.05, 0.1) is 36.7 Å². The fourth-order valence-corrected chi connectivity index (χ4v) is 5.06. The van der Waals surface area contributed by atoms with Gasteiger partial charge in [0.15, 0.2) is 5.82 Å². The monoisotopic (exact) mass is 506 g/mol. The molecule has 0 aliphatic carbocycles. The Balaban J connectivity index is 1.51. The van der Waals surface area contributed by atoms with Crippen molar-refractivity contribution in [2.45, 2.75) is 37.8 Å². The molecule has 2 aromatic heterocycles. The highest BCUT2D eigenvalue weighted by Gasteiger charge is 2.33. The number of hydrogen-bond donors (Lipinski definition) is 2. The minimum atomic E-state index is -2.60. The van der Waals surface area contributed by atoms with Crippen molar-refractivity contribution in [1.82, 2.24) is 14.3 Å². The first-order chi connectivity index (χ1) is 16.9. The number of pyridine rings is 1. The van der Waals surface area contributed by atoms with Crippen LogP contribution in [0.15, 0.2) is 36.7 Å². The molecule has 2 aliphatic rings. The fourth-order valence-electron chi connectivity index (χ4n) is 4.79. The van der Waals surface area contributed by atoms with Crippen molar-refractivity contribution in [2.24, 2.45) is 0 Å². The standard InChI is InChI=1S/C23H24F2N4O5S/c24-14-3-4-20(34-15-6-10-33-11-7-15)16(12-14)18-2-1-8-28(18)19-5-9-29-22(21(19)25)17(13-26-29)23(30)27-35(31)32/h3-5,9,12-13,15,18H,1-2,6-8,10-11H2,(H,27,30)(H,31,32)/t18-/m1/s1. The quantitative estimate of drug-likeness (QED) is 0.494. The number of hydrogen-bond acceptors (Lipinski definition) is 6. The second-order valence-electron chi connectivity index (χ2n) is 8.51. The van der Waals surface area contributed by atoms with Gasteiger partial charge in [0.25, 0.3) is 17.2 Å². The van der Waals surface area contributed by atoms with Crippen LogP contribution in [0.2, 0.25) is 0 Å². The molecule has 2 atom stereocenters. The molecule has 2 fully saturated rings. The van der Waals surface area contributed by atoms with E-state index in [-0.39, 0.29) is 28.9 Å². The van der Waals surface area contributed by atoms with Gasteiger partial charge >= 0.3 is 0 Å². The summed E-state index contributed by atoms with van der Waals surface area (Å²) in [5.41, 5.74) is 0.571. The van der Waals surface area contributed by atoms with E-state index in [2.05, 4.69) is 5.10 Å². The Hall–Kier alpha value is -3.09. The third kappa shape index (κ3) is 4.73. The molecule has 1 aromatic carbocycles. The van der Waals surface area contributed by atoms with Crippen LogP contribution in [0.25, 0.3) is 5.52 Å². The summed E-state index contributed by atoms with van der Waals surface area (Å²) in [7, 11) is 0. The molecule has 3 aromatic rings. The van der Waals surface area contributed by atoms with Crippen molar-refractivity contribution < 1.29 is 31.8 Å². The lowest BCUT2D eigenvalue weighted by Gasteiger charge is -2.31. The Morgan fingerprint density at radius 1 is 1.23 bits per heavy atom. The van der Waals surface area contributed by atoms with E-state index in [0.717, 1.165) is 25.5 Å². The first-order valence-electron chi connectivity index (χ1n) is 11.3. The number of rotatable bonds is 6. The van der Waals surface area contributed by atoms with Gasteiger partial charge in [-0.15, -0.1) is 0 Å². The maximum atomic E-state index is 15.8. The molecule has 2 saturated heterocycles. The highest BCUT2D eigenvalue weighted by Crippen LogP contribution is 2.42. The minimum absolute atomic E-state index is 0.0409. The summed E-state index contributed by atoms with van der Waals surface area (Å²) < 4.78 is 64.8. The molecule has 0 saturated carbocycles. The Bertz CT molecular complexity index is 1280. The highest BCUT2D eigenvalue weighted by molar-refractivity contribution is 7.77. The van der Waals surface area contributed by atoms with E-state index in [1.165, 1.54) is 22.8 Å². The van der Waals surface area contributed by atoms with E-state index in [4.69, 9.17) is 14.0 Å². The summed E-state index contributed by atoms with van der Waals surface area (Å²) in [5, 5.41) is 3.98. The lowest BCUT2D eigenvalue weighted by atomic mass is 10.0. The number of anilines is 1. The predicted octanol–water partition coefficient (Wildman–Crippen LogP) is 3.38. The Morgan fingerprint density at radius 3 is 2.80 bits per heavy atom. The van der Waals surface area contributed by atoms with Crippen LogP contribution in [-0.2, 0) is 16.0 Å². The summed E-state index contributed by atoms with van der Waals surface area (Å²) in [6.45, 7) is 1.72. The second-order valence-corrected chi connectivity index (χ2v) is 9.21. The smallest absolute Gasteiger partial charge is 0.268 e. The Kier molecular flexibility index (Phi) is 6.67. The molecular weight excluding hydrogens is 482 g/mol. The SMILES string of the molecule is O=C(NS(=O)O)c1cnn2ccc(N3CCC[C@@H]3c3cc(F)ccc3OC3CCOCC3)c(F)c12. The lowest BCUT2D eigenvalue weighted by molar-refractivity contribution is 0.0250. The van der Waals surface area contributed by atoms with Crippen LogP contribution in [-0.4, -0.2) is 50.1 Å². The third-order valence-corrected chi connectivity index (χ3v) is 6.74. The largest absolute Gasteiger partial charge is 0.490 e. The maximum absolute atomic E-state index is 15.8. The van der Waals surface area contributed by atoms with Gasteiger partial charge in [-0.05, 0) is 37.1 Å². The molecule has 0 radical (unpaired) electrons. The van der Waals surface area contributed by atoms with Crippen molar-refractivity contribution in [3.63, 3.8) is 0 Å². The number of nitrogens with zero attached hydrogens (tertiary/aromatic N) is 3. The highest BCUT2D eigenvalue weighted by atomic mass is 32.2.